The molecule has 1 aliphatic heterocycles. The van der Waals surface area contributed by atoms with Crippen molar-refractivity contribution in [2.45, 2.75) is 6.18 Å². The number of thiazole rings is 1. The van der Waals surface area contributed by atoms with E-state index in [2.05, 4.69) is 20.0 Å². The summed E-state index contributed by atoms with van der Waals surface area (Å²) >= 11 is 1.54. The molecule has 174 valence electrons. The van der Waals surface area contributed by atoms with E-state index >= 15 is 0 Å². The zero-order valence-corrected chi connectivity index (χ0v) is 18.6. The fourth-order valence-electron chi connectivity index (χ4n) is 3.79. The SMILES string of the molecule is O=C(c1nc(-c2ccccc2)n(-c2cccc(C(F)(F)F)c2)n1)N1CCN(c2nccs2)CC1. The zero-order valence-electron chi connectivity index (χ0n) is 17.8. The second-order valence-corrected chi connectivity index (χ2v) is 8.55. The molecule has 1 amide bonds. The van der Waals surface area contributed by atoms with Gasteiger partial charge in [0.15, 0.2) is 11.0 Å². The minimum absolute atomic E-state index is 0.0565. The van der Waals surface area contributed by atoms with Crippen molar-refractivity contribution < 1.29 is 18.0 Å². The second-order valence-electron chi connectivity index (χ2n) is 7.68. The molecular weight excluding hydrogens is 465 g/mol. The van der Waals surface area contributed by atoms with Gasteiger partial charge in [0.25, 0.3) is 5.91 Å². The molecule has 0 spiro atoms. The molecule has 0 saturated carbocycles. The maximum Gasteiger partial charge on any atom is 0.416 e. The third-order valence-corrected chi connectivity index (χ3v) is 6.34. The zero-order chi connectivity index (χ0) is 23.7. The third-order valence-electron chi connectivity index (χ3n) is 5.51. The molecule has 0 unspecified atom stereocenters. The van der Waals surface area contributed by atoms with Crippen LogP contribution in [0, 0.1) is 0 Å². The van der Waals surface area contributed by atoms with E-state index < -0.39 is 11.7 Å². The number of alkyl halides is 3. The summed E-state index contributed by atoms with van der Waals surface area (Å²) in [5.41, 5.74) is 0.0135. The van der Waals surface area contributed by atoms with Crippen molar-refractivity contribution in [1.82, 2.24) is 24.6 Å². The fourth-order valence-corrected chi connectivity index (χ4v) is 4.48. The van der Waals surface area contributed by atoms with Crippen LogP contribution in [0.15, 0.2) is 66.2 Å². The van der Waals surface area contributed by atoms with Crippen LogP contribution in [0.2, 0.25) is 0 Å². The maximum atomic E-state index is 13.3. The van der Waals surface area contributed by atoms with Crippen molar-refractivity contribution in [3.05, 3.63) is 77.6 Å². The molecule has 7 nitrogen and oxygen atoms in total. The summed E-state index contributed by atoms with van der Waals surface area (Å²) in [6, 6.07) is 13.8. The number of amides is 1. The molecule has 5 rings (SSSR count). The first kappa shape index (κ1) is 22.1. The van der Waals surface area contributed by atoms with Crippen molar-refractivity contribution in [2.24, 2.45) is 0 Å². The van der Waals surface area contributed by atoms with Crippen molar-refractivity contribution in [3.63, 3.8) is 0 Å². The van der Waals surface area contributed by atoms with Crippen molar-refractivity contribution in [3.8, 4) is 17.1 Å². The predicted molar refractivity (Wildman–Crippen MR) is 122 cm³/mol. The van der Waals surface area contributed by atoms with Gasteiger partial charge in [0.1, 0.15) is 0 Å². The Kier molecular flexibility index (Phi) is 5.78. The van der Waals surface area contributed by atoms with E-state index in [0.29, 0.717) is 37.6 Å². The molecule has 0 radical (unpaired) electrons. The molecule has 0 atom stereocenters. The third kappa shape index (κ3) is 4.38. The summed E-state index contributed by atoms with van der Waals surface area (Å²) < 4.78 is 41.2. The summed E-state index contributed by atoms with van der Waals surface area (Å²) in [7, 11) is 0. The van der Waals surface area contributed by atoms with Crippen LogP contribution in [0.5, 0.6) is 0 Å². The van der Waals surface area contributed by atoms with Gasteiger partial charge in [-0.3, -0.25) is 4.79 Å². The Bertz CT molecular complexity index is 1280. The number of aromatic nitrogens is 4. The fraction of sp³-hybridized carbons (Fsp3) is 0.217. The summed E-state index contributed by atoms with van der Waals surface area (Å²) in [5, 5.41) is 7.16. The van der Waals surface area contributed by atoms with Crippen molar-refractivity contribution in [2.75, 3.05) is 31.1 Å². The van der Waals surface area contributed by atoms with Crippen molar-refractivity contribution >= 4 is 22.4 Å². The molecule has 1 saturated heterocycles. The van der Waals surface area contributed by atoms with Gasteiger partial charge in [0.2, 0.25) is 5.82 Å². The van der Waals surface area contributed by atoms with E-state index in [9.17, 15) is 18.0 Å². The van der Waals surface area contributed by atoms with Crippen LogP contribution >= 0.6 is 11.3 Å². The molecule has 0 bridgehead atoms. The van der Waals surface area contributed by atoms with E-state index in [0.717, 1.165) is 17.3 Å². The van der Waals surface area contributed by atoms with Gasteiger partial charge in [-0.2, -0.15) is 13.2 Å². The van der Waals surface area contributed by atoms with Crippen LogP contribution < -0.4 is 4.90 Å². The van der Waals surface area contributed by atoms with Gasteiger partial charge in [-0.1, -0.05) is 36.4 Å². The largest absolute Gasteiger partial charge is 0.416 e. The molecule has 1 aliphatic rings. The quantitative estimate of drug-likeness (QED) is 0.430. The number of benzene rings is 2. The monoisotopic (exact) mass is 484 g/mol. The highest BCUT2D eigenvalue weighted by atomic mass is 32.1. The highest BCUT2D eigenvalue weighted by Crippen LogP contribution is 2.31. The molecule has 2 aromatic carbocycles. The smallest absolute Gasteiger partial charge is 0.345 e. The maximum absolute atomic E-state index is 13.3. The Morgan fingerprint density at radius 3 is 2.41 bits per heavy atom. The number of anilines is 1. The first-order valence-electron chi connectivity index (χ1n) is 10.5. The lowest BCUT2D eigenvalue weighted by atomic mass is 10.2. The van der Waals surface area contributed by atoms with Gasteiger partial charge in [-0.25, -0.2) is 14.6 Å². The minimum atomic E-state index is -4.50. The summed E-state index contributed by atoms with van der Waals surface area (Å²) in [5.74, 6) is -0.120. The topological polar surface area (TPSA) is 67.2 Å². The van der Waals surface area contributed by atoms with Gasteiger partial charge >= 0.3 is 6.18 Å². The molecule has 2 aromatic heterocycles. The molecule has 4 aromatic rings. The lowest BCUT2D eigenvalue weighted by Gasteiger charge is -2.33. The van der Waals surface area contributed by atoms with Crippen LogP contribution in [-0.4, -0.2) is 56.7 Å². The molecule has 11 heteroatoms. The van der Waals surface area contributed by atoms with Gasteiger partial charge < -0.3 is 9.80 Å². The molecule has 0 N–H and O–H groups in total. The van der Waals surface area contributed by atoms with Gasteiger partial charge in [-0.05, 0) is 18.2 Å². The van der Waals surface area contributed by atoms with E-state index in [1.807, 2.05) is 11.4 Å². The number of carbonyl (C=O) groups excluding carboxylic acids is 1. The number of hydrogen-bond donors (Lipinski definition) is 0. The average molecular weight is 485 g/mol. The Balaban J connectivity index is 1.46. The van der Waals surface area contributed by atoms with Crippen LogP contribution in [0.4, 0.5) is 18.3 Å². The van der Waals surface area contributed by atoms with Crippen molar-refractivity contribution in [1.29, 1.82) is 0 Å². The molecule has 0 aliphatic carbocycles. The van der Waals surface area contributed by atoms with Crippen LogP contribution in [0.1, 0.15) is 16.2 Å². The Hall–Kier alpha value is -3.73. The number of piperazine rings is 1. The molecule has 34 heavy (non-hydrogen) atoms. The average Bonchev–Trinajstić information content (AvgIpc) is 3.55. The summed E-state index contributed by atoms with van der Waals surface area (Å²) in [6.07, 6.45) is -2.76. The van der Waals surface area contributed by atoms with Gasteiger partial charge in [0, 0.05) is 43.3 Å². The van der Waals surface area contributed by atoms with Gasteiger partial charge in [-0.15, -0.1) is 16.4 Å². The number of nitrogens with zero attached hydrogens (tertiary/aromatic N) is 6. The predicted octanol–water partition coefficient (Wildman–Crippen LogP) is 4.37. The highest BCUT2D eigenvalue weighted by Gasteiger charge is 2.31. The second kappa shape index (κ2) is 8.90. The minimum Gasteiger partial charge on any atom is -0.345 e. The number of hydrogen-bond acceptors (Lipinski definition) is 6. The first-order chi connectivity index (χ1) is 16.4. The van der Waals surface area contributed by atoms with E-state index in [1.165, 1.54) is 16.8 Å². The number of rotatable bonds is 4. The van der Waals surface area contributed by atoms with Crippen LogP contribution in [-0.2, 0) is 6.18 Å². The molecule has 1 fully saturated rings. The van der Waals surface area contributed by atoms with E-state index in [1.54, 1.807) is 46.7 Å². The molecular formula is C23H19F3N6OS. The van der Waals surface area contributed by atoms with Crippen LogP contribution in [0.25, 0.3) is 17.1 Å². The standard InChI is InChI=1S/C23H19F3N6OS/c24-23(25,26)17-7-4-8-18(15-17)32-20(16-5-2-1-3-6-16)28-19(29-32)21(33)30-10-12-31(13-11-30)22-27-9-14-34-22/h1-9,14-15H,10-13H2. The highest BCUT2D eigenvalue weighted by molar-refractivity contribution is 7.13. The Labute approximate surface area is 197 Å². The van der Waals surface area contributed by atoms with E-state index in [4.69, 9.17) is 0 Å². The Morgan fingerprint density at radius 2 is 1.74 bits per heavy atom. The summed E-state index contributed by atoms with van der Waals surface area (Å²) in [6.45, 7) is 2.19. The lowest BCUT2D eigenvalue weighted by molar-refractivity contribution is -0.137. The van der Waals surface area contributed by atoms with E-state index in [-0.39, 0.29) is 17.4 Å². The van der Waals surface area contributed by atoms with Crippen LogP contribution in [0.3, 0.4) is 0 Å². The normalized spacial score (nSPS) is 14.4. The Morgan fingerprint density at radius 1 is 0.971 bits per heavy atom. The molecule has 3 heterocycles. The number of carbonyl (C=O) groups is 1. The number of halogens is 3. The van der Waals surface area contributed by atoms with Gasteiger partial charge in [0.05, 0.1) is 11.3 Å². The lowest BCUT2D eigenvalue weighted by Crippen LogP contribution is -2.49. The summed E-state index contributed by atoms with van der Waals surface area (Å²) in [4.78, 5) is 25.7. The first-order valence-corrected chi connectivity index (χ1v) is 11.4.